The summed E-state index contributed by atoms with van der Waals surface area (Å²) < 4.78 is 7.78. The van der Waals surface area contributed by atoms with E-state index in [-0.39, 0.29) is 11.2 Å². The third kappa shape index (κ3) is 4.56. The fraction of sp³-hybridized carbons (Fsp3) is 0.259. The van der Waals surface area contributed by atoms with Gasteiger partial charge in [0.2, 0.25) is 0 Å². The predicted octanol–water partition coefficient (Wildman–Crippen LogP) is 6.41. The minimum Gasteiger partial charge on any atom is -0.370 e. The van der Waals surface area contributed by atoms with E-state index in [9.17, 15) is 4.79 Å². The zero-order chi connectivity index (χ0) is 23.0. The van der Waals surface area contributed by atoms with Crippen molar-refractivity contribution in [2.75, 3.05) is 5.75 Å². The van der Waals surface area contributed by atoms with Crippen molar-refractivity contribution in [2.24, 2.45) is 0 Å². The number of nitrogens with zero attached hydrogens (tertiary/aromatic N) is 2. The second kappa shape index (κ2) is 8.93. The first-order valence-corrected chi connectivity index (χ1v) is 12.8. The lowest BCUT2D eigenvalue weighted by molar-refractivity contribution is -0.0379. The van der Waals surface area contributed by atoms with Crippen molar-refractivity contribution in [3.05, 3.63) is 92.6 Å². The number of fused-ring (bicyclic) bond motifs is 3. The van der Waals surface area contributed by atoms with Gasteiger partial charge < -0.3 is 4.74 Å². The summed E-state index contributed by atoms with van der Waals surface area (Å²) in [7, 11) is 0. The molecule has 5 rings (SSSR count). The molecule has 0 spiro atoms. The highest BCUT2D eigenvalue weighted by Crippen LogP contribution is 2.38. The van der Waals surface area contributed by atoms with Gasteiger partial charge in [-0.25, -0.2) is 4.98 Å². The van der Waals surface area contributed by atoms with Crippen LogP contribution in [-0.2, 0) is 17.8 Å². The molecule has 33 heavy (non-hydrogen) atoms. The molecule has 1 aliphatic rings. The van der Waals surface area contributed by atoms with E-state index in [0.29, 0.717) is 11.8 Å². The first-order chi connectivity index (χ1) is 15.9. The molecule has 0 atom stereocenters. The minimum atomic E-state index is -0.280. The highest BCUT2D eigenvalue weighted by atomic mass is 32.2. The molecule has 0 saturated heterocycles. The van der Waals surface area contributed by atoms with E-state index in [4.69, 9.17) is 9.72 Å². The van der Waals surface area contributed by atoms with E-state index in [1.807, 2.05) is 42.5 Å². The quantitative estimate of drug-likeness (QED) is 0.248. The average Bonchev–Trinajstić information content (AvgIpc) is 3.15. The maximum Gasteiger partial charge on any atom is 0.267 e. The number of benzene rings is 2. The summed E-state index contributed by atoms with van der Waals surface area (Å²) in [5.41, 5.74) is 4.00. The first kappa shape index (κ1) is 22.1. The predicted molar refractivity (Wildman–Crippen MR) is 139 cm³/mol. The van der Waals surface area contributed by atoms with Crippen molar-refractivity contribution in [3.63, 3.8) is 0 Å². The maximum atomic E-state index is 13.9. The molecular weight excluding hydrogens is 448 g/mol. The third-order valence-electron chi connectivity index (χ3n) is 5.78. The number of thiophene rings is 1. The molecule has 6 heteroatoms. The third-order valence-corrected chi connectivity index (χ3v) is 7.78. The monoisotopic (exact) mass is 474 g/mol. The summed E-state index contributed by atoms with van der Waals surface area (Å²) in [4.78, 5) is 20.8. The van der Waals surface area contributed by atoms with Gasteiger partial charge in [-0.3, -0.25) is 9.36 Å². The van der Waals surface area contributed by atoms with E-state index in [1.165, 1.54) is 0 Å². The van der Waals surface area contributed by atoms with Crippen LogP contribution in [0.4, 0.5) is 0 Å². The van der Waals surface area contributed by atoms with Gasteiger partial charge in [0.05, 0.1) is 23.3 Å². The number of hydrogen-bond donors (Lipinski definition) is 0. The Hall–Kier alpha value is -2.67. The first-order valence-electron chi connectivity index (χ1n) is 11.0. The Morgan fingerprint density at radius 3 is 2.67 bits per heavy atom. The van der Waals surface area contributed by atoms with Crippen LogP contribution in [0.5, 0.6) is 0 Å². The number of rotatable bonds is 5. The van der Waals surface area contributed by atoms with Crippen molar-refractivity contribution in [3.8, 4) is 5.69 Å². The van der Waals surface area contributed by atoms with Gasteiger partial charge in [0.1, 0.15) is 4.83 Å². The molecule has 0 bridgehead atoms. The van der Waals surface area contributed by atoms with Crippen molar-refractivity contribution < 1.29 is 4.74 Å². The molecule has 2 aromatic heterocycles. The van der Waals surface area contributed by atoms with E-state index in [2.05, 4.69) is 45.1 Å². The topological polar surface area (TPSA) is 44.1 Å². The molecule has 3 heterocycles. The molecule has 0 saturated carbocycles. The number of thioether (sulfide) groups is 1. The Balaban J connectivity index is 1.58. The Bertz CT molecular complexity index is 1380. The molecule has 0 N–H and O–H groups in total. The second-order valence-electron chi connectivity index (χ2n) is 8.90. The molecule has 0 radical (unpaired) electrons. The fourth-order valence-corrected chi connectivity index (χ4v) is 6.03. The van der Waals surface area contributed by atoms with Gasteiger partial charge in [-0.05, 0) is 44.0 Å². The zero-order valence-corrected chi connectivity index (χ0v) is 20.6. The van der Waals surface area contributed by atoms with Crippen LogP contribution >= 0.6 is 23.1 Å². The number of hydrogen-bond acceptors (Lipinski definition) is 5. The molecule has 0 fully saturated rings. The average molecular weight is 475 g/mol. The van der Waals surface area contributed by atoms with Gasteiger partial charge in [-0.2, -0.15) is 0 Å². The summed E-state index contributed by atoms with van der Waals surface area (Å²) in [5.74, 6) is 0.722. The lowest BCUT2D eigenvalue weighted by Crippen LogP contribution is -2.32. The smallest absolute Gasteiger partial charge is 0.267 e. The van der Waals surface area contributed by atoms with E-state index in [0.717, 1.165) is 49.6 Å². The summed E-state index contributed by atoms with van der Waals surface area (Å²) in [6, 6.07) is 18.3. The van der Waals surface area contributed by atoms with Crippen molar-refractivity contribution in [2.45, 2.75) is 44.6 Å². The van der Waals surface area contributed by atoms with Crippen molar-refractivity contribution >= 4 is 39.4 Å². The lowest BCUT2D eigenvalue weighted by Gasteiger charge is -2.29. The van der Waals surface area contributed by atoms with Crippen LogP contribution in [0.25, 0.3) is 22.0 Å². The maximum absolute atomic E-state index is 13.9. The normalized spacial score (nSPS) is 15.2. The molecule has 2 aromatic carbocycles. The molecule has 168 valence electrons. The summed E-state index contributed by atoms with van der Waals surface area (Å²) in [5, 5.41) is 1.46. The van der Waals surface area contributed by atoms with Crippen molar-refractivity contribution in [1.82, 2.24) is 9.55 Å². The highest BCUT2D eigenvalue weighted by Gasteiger charge is 2.31. The molecular formula is C27H26N2O2S2. The van der Waals surface area contributed by atoms with Crippen LogP contribution in [0.3, 0.4) is 0 Å². The molecule has 4 aromatic rings. The molecule has 1 aliphatic heterocycles. The van der Waals surface area contributed by atoms with Gasteiger partial charge >= 0.3 is 0 Å². The minimum absolute atomic E-state index is 0.00796. The van der Waals surface area contributed by atoms with Crippen LogP contribution in [0, 0.1) is 6.92 Å². The zero-order valence-electron chi connectivity index (χ0n) is 19.0. The van der Waals surface area contributed by atoms with E-state index >= 15 is 0 Å². The Labute approximate surface area is 202 Å². The Morgan fingerprint density at radius 1 is 1.15 bits per heavy atom. The van der Waals surface area contributed by atoms with Gasteiger partial charge in [-0.1, -0.05) is 71.9 Å². The van der Waals surface area contributed by atoms with E-state index < -0.39 is 0 Å². The standard InChI is InChI=1S/C27H26N2O2S2/c1-18-11-13-20(14-12-18)29-25(30)23-21-16-27(2,3)31-17-22(21)33-24(23)28-26(29)32-15-7-10-19-8-5-4-6-9-19/h4-14H,15-17H2,1-3H3/b10-7+. The fourth-order valence-electron chi connectivity index (χ4n) is 4.06. The Kier molecular flexibility index (Phi) is 5.99. The van der Waals surface area contributed by atoms with Gasteiger partial charge in [0.15, 0.2) is 5.16 Å². The Morgan fingerprint density at radius 2 is 1.91 bits per heavy atom. The molecule has 4 nitrogen and oxygen atoms in total. The van der Waals surface area contributed by atoms with Gasteiger partial charge in [0, 0.05) is 17.1 Å². The van der Waals surface area contributed by atoms with Crippen LogP contribution in [0.15, 0.2) is 70.6 Å². The summed E-state index contributed by atoms with van der Waals surface area (Å²) >= 11 is 3.17. The van der Waals surface area contributed by atoms with Gasteiger partial charge in [0.25, 0.3) is 5.56 Å². The number of aryl methyl sites for hydroxylation is 1. The second-order valence-corrected chi connectivity index (χ2v) is 11.0. The van der Waals surface area contributed by atoms with Crippen LogP contribution in [0.1, 0.15) is 35.4 Å². The van der Waals surface area contributed by atoms with Gasteiger partial charge in [-0.15, -0.1) is 11.3 Å². The number of ether oxygens (including phenoxy) is 1. The van der Waals surface area contributed by atoms with Crippen LogP contribution < -0.4 is 5.56 Å². The van der Waals surface area contributed by atoms with Crippen molar-refractivity contribution in [1.29, 1.82) is 0 Å². The van der Waals surface area contributed by atoms with Crippen LogP contribution in [-0.4, -0.2) is 20.9 Å². The highest BCUT2D eigenvalue weighted by molar-refractivity contribution is 7.99. The SMILES string of the molecule is Cc1ccc(-n2c(SC/C=C/c3ccccc3)nc3sc4c(c3c2=O)CC(C)(C)OC4)cc1. The summed E-state index contributed by atoms with van der Waals surface area (Å²) in [6.07, 6.45) is 4.94. The molecule has 0 amide bonds. The summed E-state index contributed by atoms with van der Waals surface area (Å²) in [6.45, 7) is 6.74. The molecule has 0 aliphatic carbocycles. The molecule has 0 unspecified atom stereocenters. The number of aromatic nitrogens is 2. The van der Waals surface area contributed by atoms with Crippen LogP contribution in [0.2, 0.25) is 0 Å². The lowest BCUT2D eigenvalue weighted by atomic mass is 9.94. The van der Waals surface area contributed by atoms with E-state index in [1.54, 1.807) is 27.7 Å². The largest absolute Gasteiger partial charge is 0.370 e.